The molecular formula is C16H36N4O3+2. The summed E-state index contributed by atoms with van der Waals surface area (Å²) in [6.45, 7) is 6.68. The lowest BCUT2D eigenvalue weighted by Gasteiger charge is -2.34. The largest absolute Gasteiger partial charge is 0.356 e. The van der Waals surface area contributed by atoms with Gasteiger partial charge in [-0.3, -0.25) is 9.59 Å². The summed E-state index contributed by atoms with van der Waals surface area (Å²) in [6, 6.07) is 0. The molecule has 2 N–H and O–H groups in total. The van der Waals surface area contributed by atoms with Gasteiger partial charge in [0.15, 0.2) is 0 Å². The van der Waals surface area contributed by atoms with Crippen LogP contribution in [0.4, 0.5) is 0 Å². The zero-order chi connectivity index (χ0) is 17.9. The lowest BCUT2D eigenvalue weighted by molar-refractivity contribution is -1.32. The van der Waals surface area contributed by atoms with E-state index in [1.165, 1.54) is 0 Å². The van der Waals surface area contributed by atoms with E-state index in [1.54, 1.807) is 0 Å². The summed E-state index contributed by atoms with van der Waals surface area (Å²) in [5.41, 5.74) is 0. The maximum atomic E-state index is 11.2. The number of carbonyl (C=O) groups excluding carboxylic acids is 2. The molecule has 0 aromatic carbocycles. The molecule has 23 heavy (non-hydrogen) atoms. The lowest BCUT2D eigenvalue weighted by Crippen LogP contribution is -2.54. The number of quaternary nitrogens is 2. The van der Waals surface area contributed by atoms with Crippen LogP contribution in [-0.4, -0.2) is 75.5 Å². The third-order valence-corrected chi connectivity index (χ3v) is 3.48. The van der Waals surface area contributed by atoms with E-state index >= 15 is 0 Å². The molecule has 7 nitrogen and oxygen atoms in total. The van der Waals surface area contributed by atoms with Crippen molar-refractivity contribution >= 4 is 11.8 Å². The standard InChI is InChI=1S/C16H34N4O3/c1-7-15(21)17-11-9-13-19(3,4)23-20(5,6)14-10-12-18-16(22)8-2/h7-14H2,1-6H3/p+2. The molecule has 0 radical (unpaired) electrons. The molecule has 0 atom stereocenters. The van der Waals surface area contributed by atoms with E-state index in [0.29, 0.717) is 35.2 Å². The van der Waals surface area contributed by atoms with Gasteiger partial charge >= 0.3 is 0 Å². The molecule has 0 rings (SSSR count). The number of nitrogens with one attached hydrogen (secondary N) is 2. The van der Waals surface area contributed by atoms with Crippen molar-refractivity contribution in [1.82, 2.24) is 10.6 Å². The van der Waals surface area contributed by atoms with Crippen molar-refractivity contribution in [3.05, 3.63) is 0 Å². The van der Waals surface area contributed by atoms with Gasteiger partial charge in [0.1, 0.15) is 41.3 Å². The van der Waals surface area contributed by atoms with Crippen LogP contribution in [0.1, 0.15) is 39.5 Å². The Bertz CT molecular complexity index is 336. The van der Waals surface area contributed by atoms with Gasteiger partial charge in [-0.15, -0.1) is 9.29 Å². The van der Waals surface area contributed by atoms with Gasteiger partial charge in [-0.1, -0.05) is 13.8 Å². The van der Waals surface area contributed by atoms with Gasteiger partial charge in [-0.2, -0.15) is 0 Å². The number of amides is 2. The van der Waals surface area contributed by atoms with Gasteiger partial charge in [0, 0.05) is 38.8 Å². The fourth-order valence-electron chi connectivity index (χ4n) is 2.31. The average molecular weight is 332 g/mol. The molecule has 0 saturated carbocycles. The van der Waals surface area contributed by atoms with Crippen molar-refractivity contribution in [2.45, 2.75) is 39.5 Å². The zero-order valence-corrected chi connectivity index (χ0v) is 15.8. The molecule has 0 heterocycles. The number of hydrogen-bond donors (Lipinski definition) is 2. The van der Waals surface area contributed by atoms with Crippen molar-refractivity contribution in [1.29, 1.82) is 0 Å². The highest BCUT2D eigenvalue weighted by Crippen LogP contribution is 2.10. The second-order valence-electron chi connectivity index (χ2n) is 6.79. The Morgan fingerprint density at radius 1 is 0.783 bits per heavy atom. The molecule has 0 aliphatic carbocycles. The van der Waals surface area contributed by atoms with Gasteiger partial charge in [-0.25, -0.2) is 0 Å². The Kier molecular flexibility index (Phi) is 10.0. The second kappa shape index (κ2) is 10.6. The Labute approximate surface area is 141 Å². The van der Waals surface area contributed by atoms with Crippen LogP contribution < -0.4 is 10.6 Å². The minimum absolute atomic E-state index is 0.0847. The van der Waals surface area contributed by atoms with Crippen LogP contribution >= 0.6 is 0 Å². The van der Waals surface area contributed by atoms with Crippen molar-refractivity contribution in [3.63, 3.8) is 0 Å². The first kappa shape index (κ1) is 21.8. The molecule has 0 aromatic rings. The van der Waals surface area contributed by atoms with Crippen molar-refractivity contribution in [2.75, 3.05) is 54.4 Å². The Morgan fingerprint density at radius 2 is 1.13 bits per heavy atom. The Morgan fingerprint density at radius 3 is 1.43 bits per heavy atom. The summed E-state index contributed by atoms with van der Waals surface area (Å²) in [5, 5.41) is 5.75. The van der Waals surface area contributed by atoms with Crippen LogP contribution in [-0.2, 0) is 14.5 Å². The highest BCUT2D eigenvalue weighted by Gasteiger charge is 2.30. The number of carbonyl (C=O) groups is 2. The fraction of sp³-hybridized carbons (Fsp3) is 0.875. The van der Waals surface area contributed by atoms with E-state index < -0.39 is 0 Å². The van der Waals surface area contributed by atoms with Crippen LogP contribution in [0.5, 0.6) is 0 Å². The summed E-state index contributed by atoms with van der Waals surface area (Å²) >= 11 is 0. The minimum atomic E-state index is 0.0847. The zero-order valence-electron chi connectivity index (χ0n) is 15.8. The smallest absolute Gasteiger partial charge is 0.219 e. The molecule has 136 valence electrons. The third-order valence-electron chi connectivity index (χ3n) is 3.48. The van der Waals surface area contributed by atoms with Gasteiger partial charge < -0.3 is 10.6 Å². The van der Waals surface area contributed by atoms with E-state index in [1.807, 2.05) is 42.0 Å². The molecule has 0 unspecified atom stereocenters. The quantitative estimate of drug-likeness (QED) is 0.316. The van der Waals surface area contributed by atoms with Crippen LogP contribution in [0.2, 0.25) is 0 Å². The topological polar surface area (TPSA) is 67.4 Å². The maximum absolute atomic E-state index is 11.2. The minimum Gasteiger partial charge on any atom is -0.356 e. The highest BCUT2D eigenvalue weighted by molar-refractivity contribution is 5.75. The number of hydrogen-bond acceptors (Lipinski definition) is 3. The second-order valence-corrected chi connectivity index (χ2v) is 6.79. The first-order valence-electron chi connectivity index (χ1n) is 8.52. The molecule has 0 aliphatic rings. The van der Waals surface area contributed by atoms with E-state index in [9.17, 15) is 9.59 Å². The number of rotatable bonds is 12. The molecule has 0 fully saturated rings. The molecule has 0 spiro atoms. The van der Waals surface area contributed by atoms with Crippen LogP contribution in [0, 0.1) is 0 Å². The highest BCUT2D eigenvalue weighted by atomic mass is 16.9. The average Bonchev–Trinajstić information content (AvgIpc) is 2.46. The molecule has 0 aromatic heterocycles. The summed E-state index contributed by atoms with van der Waals surface area (Å²) in [5.74, 6) is 0.169. The van der Waals surface area contributed by atoms with Gasteiger partial charge in [0.05, 0.1) is 0 Å². The number of nitrogens with zero attached hydrogens (tertiary/aromatic N) is 2. The van der Waals surface area contributed by atoms with Crippen LogP contribution in [0.15, 0.2) is 0 Å². The van der Waals surface area contributed by atoms with Gasteiger partial charge in [0.25, 0.3) is 0 Å². The molecular weight excluding hydrogens is 296 g/mol. The first-order chi connectivity index (χ1) is 10.6. The summed E-state index contributed by atoms with van der Waals surface area (Å²) in [6.07, 6.45) is 2.77. The van der Waals surface area contributed by atoms with Crippen molar-refractivity contribution in [2.24, 2.45) is 0 Å². The van der Waals surface area contributed by atoms with Gasteiger partial charge in [0.2, 0.25) is 11.8 Å². The summed E-state index contributed by atoms with van der Waals surface area (Å²) in [7, 11) is 8.06. The van der Waals surface area contributed by atoms with Crippen LogP contribution in [0.3, 0.4) is 0 Å². The molecule has 0 aliphatic heterocycles. The SMILES string of the molecule is CCC(=O)NCCC[N+](C)(C)O[N+](C)(C)CCCNC(=O)CC. The fourth-order valence-corrected chi connectivity index (χ4v) is 2.31. The van der Waals surface area contributed by atoms with Crippen molar-refractivity contribution in [3.8, 4) is 0 Å². The Balaban J connectivity index is 4.03. The number of hydroxylamine groups is 6. The summed E-state index contributed by atoms with van der Waals surface area (Å²) < 4.78 is 0.854. The van der Waals surface area contributed by atoms with E-state index in [0.717, 1.165) is 25.9 Å². The lowest BCUT2D eigenvalue weighted by atomic mass is 10.3. The van der Waals surface area contributed by atoms with Crippen molar-refractivity contribution < 1.29 is 23.8 Å². The molecule has 0 saturated heterocycles. The normalized spacial score (nSPS) is 12.1. The van der Waals surface area contributed by atoms with E-state index in [-0.39, 0.29) is 11.8 Å². The summed E-state index contributed by atoms with van der Waals surface area (Å²) in [4.78, 5) is 28.5. The predicted octanol–water partition coefficient (Wildman–Crippen LogP) is 0.818. The molecule has 0 bridgehead atoms. The van der Waals surface area contributed by atoms with Crippen LogP contribution in [0.25, 0.3) is 0 Å². The van der Waals surface area contributed by atoms with Gasteiger partial charge in [-0.05, 0) is 4.94 Å². The molecule has 7 heteroatoms. The monoisotopic (exact) mass is 332 g/mol. The third kappa shape index (κ3) is 12.0. The van der Waals surface area contributed by atoms with E-state index in [2.05, 4.69) is 10.6 Å². The van der Waals surface area contributed by atoms with E-state index in [4.69, 9.17) is 4.94 Å². The predicted molar refractivity (Wildman–Crippen MR) is 90.9 cm³/mol. The first-order valence-corrected chi connectivity index (χ1v) is 8.52. The maximum Gasteiger partial charge on any atom is 0.219 e. The Hall–Kier alpha value is -1.18. The molecule has 2 amide bonds.